The molecule has 0 radical (unpaired) electrons. The smallest absolute Gasteiger partial charge is 0.225 e. The van der Waals surface area contributed by atoms with Gasteiger partial charge >= 0.3 is 0 Å². The topological polar surface area (TPSA) is 55.0 Å². The Morgan fingerprint density at radius 1 is 1.26 bits per heavy atom. The van der Waals surface area contributed by atoms with Crippen LogP contribution in [0.5, 0.6) is 0 Å². The fourth-order valence-electron chi connectivity index (χ4n) is 2.20. The third-order valence-corrected chi connectivity index (χ3v) is 3.44. The van der Waals surface area contributed by atoms with Crippen LogP contribution in [-0.2, 0) is 6.42 Å². The summed E-state index contributed by atoms with van der Waals surface area (Å²) >= 11 is 0. The van der Waals surface area contributed by atoms with Crippen molar-refractivity contribution in [2.24, 2.45) is 11.7 Å². The monoisotopic (exact) mass is 262 g/mol. The lowest BCUT2D eigenvalue weighted by Crippen LogP contribution is -2.29. The maximum atomic E-state index is 5.80. The average molecular weight is 262 g/mol. The molecule has 0 aromatic carbocycles. The molecule has 1 aromatic rings. The van der Waals surface area contributed by atoms with Crippen molar-refractivity contribution in [3.63, 3.8) is 0 Å². The van der Waals surface area contributed by atoms with E-state index in [0.29, 0.717) is 6.04 Å². The second-order valence-electron chi connectivity index (χ2n) is 6.18. The molecule has 0 aliphatic heterocycles. The molecule has 2 rings (SSSR count). The SMILES string of the molecule is CC(C)CCN(c1ncc(CC(C)N)cn1)C1CC1. The van der Waals surface area contributed by atoms with Crippen LogP contribution in [-0.4, -0.2) is 28.6 Å². The maximum absolute atomic E-state index is 5.80. The predicted molar refractivity (Wildman–Crippen MR) is 79.2 cm³/mol. The van der Waals surface area contributed by atoms with Gasteiger partial charge in [-0.3, -0.25) is 0 Å². The van der Waals surface area contributed by atoms with Crippen molar-refractivity contribution in [3.8, 4) is 0 Å². The third kappa shape index (κ3) is 4.46. The lowest BCUT2D eigenvalue weighted by molar-refractivity contribution is 0.565. The molecule has 1 atom stereocenters. The van der Waals surface area contributed by atoms with E-state index in [2.05, 4.69) is 28.7 Å². The van der Waals surface area contributed by atoms with Gasteiger partial charge in [0.15, 0.2) is 0 Å². The molecule has 19 heavy (non-hydrogen) atoms. The summed E-state index contributed by atoms with van der Waals surface area (Å²) in [5.74, 6) is 1.61. The van der Waals surface area contributed by atoms with Gasteiger partial charge in [0.25, 0.3) is 0 Å². The number of anilines is 1. The van der Waals surface area contributed by atoms with Gasteiger partial charge in [0.1, 0.15) is 0 Å². The quantitative estimate of drug-likeness (QED) is 0.819. The molecule has 1 unspecified atom stereocenters. The first-order chi connectivity index (χ1) is 9.06. The Bertz CT molecular complexity index is 382. The van der Waals surface area contributed by atoms with Crippen molar-refractivity contribution in [2.75, 3.05) is 11.4 Å². The zero-order valence-electron chi connectivity index (χ0n) is 12.3. The van der Waals surface area contributed by atoms with Gasteiger partial charge in [-0.1, -0.05) is 13.8 Å². The molecule has 1 aliphatic rings. The number of hydrogen-bond donors (Lipinski definition) is 1. The molecule has 1 heterocycles. The highest BCUT2D eigenvalue weighted by atomic mass is 15.3. The normalized spacial score (nSPS) is 16.7. The van der Waals surface area contributed by atoms with E-state index in [1.54, 1.807) is 0 Å². The number of nitrogens with zero attached hydrogens (tertiary/aromatic N) is 3. The Kier molecular flexibility index (Phi) is 4.75. The molecule has 1 aliphatic carbocycles. The summed E-state index contributed by atoms with van der Waals surface area (Å²) in [5, 5.41) is 0. The number of rotatable bonds is 7. The van der Waals surface area contributed by atoms with E-state index >= 15 is 0 Å². The van der Waals surface area contributed by atoms with Gasteiger partial charge in [0.05, 0.1) is 0 Å². The van der Waals surface area contributed by atoms with E-state index in [1.807, 2.05) is 19.3 Å². The highest BCUT2D eigenvalue weighted by molar-refractivity contribution is 5.34. The molecule has 4 heteroatoms. The molecule has 1 fully saturated rings. The van der Waals surface area contributed by atoms with Crippen LogP contribution in [0.2, 0.25) is 0 Å². The highest BCUT2D eigenvalue weighted by Gasteiger charge is 2.30. The fourth-order valence-corrected chi connectivity index (χ4v) is 2.20. The predicted octanol–water partition coefficient (Wildman–Crippen LogP) is 2.38. The van der Waals surface area contributed by atoms with Gasteiger partial charge in [-0.05, 0) is 44.1 Å². The Morgan fingerprint density at radius 3 is 2.37 bits per heavy atom. The van der Waals surface area contributed by atoms with Crippen molar-refractivity contribution in [2.45, 2.75) is 58.5 Å². The molecule has 0 bridgehead atoms. The molecule has 0 saturated heterocycles. The molecule has 0 spiro atoms. The molecule has 1 saturated carbocycles. The summed E-state index contributed by atoms with van der Waals surface area (Å²) in [4.78, 5) is 11.4. The largest absolute Gasteiger partial charge is 0.338 e. The zero-order chi connectivity index (χ0) is 13.8. The first kappa shape index (κ1) is 14.3. The maximum Gasteiger partial charge on any atom is 0.225 e. The van der Waals surface area contributed by atoms with Crippen molar-refractivity contribution < 1.29 is 0 Å². The Morgan fingerprint density at radius 2 is 1.89 bits per heavy atom. The average Bonchev–Trinajstić information content (AvgIpc) is 3.15. The van der Waals surface area contributed by atoms with Crippen LogP contribution in [0.3, 0.4) is 0 Å². The Hall–Kier alpha value is -1.16. The van der Waals surface area contributed by atoms with E-state index in [1.165, 1.54) is 19.3 Å². The van der Waals surface area contributed by atoms with Crippen molar-refractivity contribution >= 4 is 5.95 Å². The van der Waals surface area contributed by atoms with E-state index in [0.717, 1.165) is 30.4 Å². The van der Waals surface area contributed by atoms with Crippen molar-refractivity contribution in [1.82, 2.24) is 9.97 Å². The number of hydrogen-bond acceptors (Lipinski definition) is 4. The van der Waals surface area contributed by atoms with Crippen molar-refractivity contribution in [3.05, 3.63) is 18.0 Å². The summed E-state index contributed by atoms with van der Waals surface area (Å²) in [6.45, 7) is 7.59. The van der Waals surface area contributed by atoms with Crippen LogP contribution in [0.4, 0.5) is 5.95 Å². The molecule has 1 aromatic heterocycles. The lowest BCUT2D eigenvalue weighted by Gasteiger charge is -2.23. The number of aromatic nitrogens is 2. The second-order valence-corrected chi connectivity index (χ2v) is 6.18. The first-order valence-corrected chi connectivity index (χ1v) is 7.39. The van der Waals surface area contributed by atoms with Gasteiger partial charge < -0.3 is 10.6 Å². The van der Waals surface area contributed by atoms with Gasteiger partial charge in [0, 0.05) is 31.0 Å². The number of nitrogens with two attached hydrogens (primary N) is 1. The van der Waals surface area contributed by atoms with Crippen LogP contribution in [0, 0.1) is 5.92 Å². The Balaban J connectivity index is 2.00. The van der Waals surface area contributed by atoms with E-state index in [-0.39, 0.29) is 6.04 Å². The minimum atomic E-state index is 0.162. The van der Waals surface area contributed by atoms with Gasteiger partial charge in [-0.2, -0.15) is 0 Å². The summed E-state index contributed by atoms with van der Waals surface area (Å²) in [6, 6.07) is 0.827. The van der Waals surface area contributed by atoms with Crippen molar-refractivity contribution in [1.29, 1.82) is 0 Å². The standard InChI is InChI=1S/C15H26N4/c1-11(2)6-7-19(14-4-5-14)15-17-9-13(10-18-15)8-12(3)16/h9-12,14H,4-8,16H2,1-3H3. The third-order valence-electron chi connectivity index (χ3n) is 3.44. The summed E-state index contributed by atoms with van der Waals surface area (Å²) in [7, 11) is 0. The lowest BCUT2D eigenvalue weighted by atomic mass is 10.1. The summed E-state index contributed by atoms with van der Waals surface area (Å²) in [5.41, 5.74) is 6.92. The molecular weight excluding hydrogens is 236 g/mol. The first-order valence-electron chi connectivity index (χ1n) is 7.39. The van der Waals surface area contributed by atoms with Crippen LogP contribution in [0.1, 0.15) is 45.6 Å². The zero-order valence-corrected chi connectivity index (χ0v) is 12.3. The van der Waals surface area contributed by atoms with Crippen LogP contribution in [0.15, 0.2) is 12.4 Å². The van der Waals surface area contributed by atoms with Crippen LogP contribution >= 0.6 is 0 Å². The molecule has 0 amide bonds. The Labute approximate surface area is 116 Å². The van der Waals surface area contributed by atoms with Crippen LogP contribution < -0.4 is 10.6 Å². The van der Waals surface area contributed by atoms with E-state index < -0.39 is 0 Å². The van der Waals surface area contributed by atoms with E-state index in [9.17, 15) is 0 Å². The highest BCUT2D eigenvalue weighted by Crippen LogP contribution is 2.30. The minimum Gasteiger partial charge on any atom is -0.338 e. The molecule has 4 nitrogen and oxygen atoms in total. The van der Waals surface area contributed by atoms with Crippen LogP contribution in [0.25, 0.3) is 0 Å². The van der Waals surface area contributed by atoms with E-state index in [4.69, 9.17) is 5.73 Å². The molecule has 2 N–H and O–H groups in total. The molecular formula is C15H26N4. The second kappa shape index (κ2) is 6.33. The van der Waals surface area contributed by atoms with Gasteiger partial charge in [0.2, 0.25) is 5.95 Å². The van der Waals surface area contributed by atoms with Gasteiger partial charge in [-0.25, -0.2) is 9.97 Å². The fraction of sp³-hybridized carbons (Fsp3) is 0.733. The molecule has 106 valence electrons. The minimum absolute atomic E-state index is 0.162. The summed E-state index contributed by atoms with van der Waals surface area (Å²) in [6.07, 6.45) is 8.45. The van der Waals surface area contributed by atoms with Gasteiger partial charge in [-0.15, -0.1) is 0 Å². The summed E-state index contributed by atoms with van der Waals surface area (Å²) < 4.78 is 0.